The molecule has 1 aromatic carbocycles. The van der Waals surface area contributed by atoms with Crippen molar-refractivity contribution in [2.45, 2.75) is 6.42 Å². The summed E-state index contributed by atoms with van der Waals surface area (Å²) in [6, 6.07) is 3.56. The summed E-state index contributed by atoms with van der Waals surface area (Å²) in [6.45, 7) is -0.569. The van der Waals surface area contributed by atoms with Crippen LogP contribution in [0, 0.1) is 10.1 Å². The van der Waals surface area contributed by atoms with Crippen molar-refractivity contribution in [1.29, 1.82) is 0 Å². The molecule has 0 amide bonds. The molecule has 1 aromatic heterocycles. The van der Waals surface area contributed by atoms with Crippen molar-refractivity contribution in [3.05, 3.63) is 51.6 Å². The zero-order chi connectivity index (χ0) is 21.4. The van der Waals surface area contributed by atoms with Gasteiger partial charge in [-0.3, -0.25) is 5.21 Å². The van der Waals surface area contributed by atoms with Crippen LogP contribution >= 0.6 is 0 Å². The number of nitrogens with zero attached hydrogens (tertiary/aromatic N) is 2. The number of hydrogen-bond donors (Lipinski definition) is 1. The van der Waals surface area contributed by atoms with Crippen LogP contribution in [0.1, 0.15) is 6.42 Å². The molecule has 2 aliphatic rings. The van der Waals surface area contributed by atoms with Crippen molar-refractivity contribution in [2.24, 2.45) is 0 Å². The topological polar surface area (TPSA) is 179 Å². The standard InChI is InChI=1S/C17H11N3O10/c21-14-10-3-1-8(5-12(10)16(23)28-14)19(25)27-7-18-30-20(26)9-2-4-11-13(6-9)17(24)29-15(11)22/h1-4,6,18H,5,7H2,(H-,21,22,23,24,26)/p-1/b19-8+. The second-order valence-electron chi connectivity index (χ2n) is 6.00. The van der Waals surface area contributed by atoms with E-state index < -0.39 is 30.6 Å². The second-order valence-corrected chi connectivity index (χ2v) is 6.00. The van der Waals surface area contributed by atoms with Gasteiger partial charge in [0, 0.05) is 33.9 Å². The van der Waals surface area contributed by atoms with Crippen LogP contribution in [-0.4, -0.2) is 34.2 Å². The fraction of sp³-hybridized carbons (Fsp3) is 0.118. The summed E-state index contributed by atoms with van der Waals surface area (Å²) >= 11 is 0. The average Bonchev–Trinajstić information content (AvgIpc) is 3.19. The first-order chi connectivity index (χ1) is 14.3. The smallest absolute Gasteiger partial charge is 0.346 e. The molecule has 0 saturated carbocycles. The number of fused-ring (bicyclic) bond motifs is 1. The highest BCUT2D eigenvalue weighted by atomic mass is 16.9. The largest absolute Gasteiger partial charge is 0.571 e. The minimum absolute atomic E-state index is 0.0141. The van der Waals surface area contributed by atoms with Gasteiger partial charge in [0.05, 0.1) is 34.4 Å². The maximum atomic E-state index is 12.0. The molecular formula is C17H10N3O10-. The number of esters is 2. The van der Waals surface area contributed by atoms with Crippen molar-refractivity contribution in [2.75, 3.05) is 6.73 Å². The Morgan fingerprint density at radius 1 is 1.10 bits per heavy atom. The lowest BCUT2D eigenvalue weighted by atomic mass is 9.98. The van der Waals surface area contributed by atoms with E-state index in [-0.39, 0.29) is 49.6 Å². The highest BCUT2D eigenvalue weighted by Crippen LogP contribution is 2.34. The van der Waals surface area contributed by atoms with Crippen molar-refractivity contribution < 1.29 is 48.6 Å². The Labute approximate surface area is 165 Å². The van der Waals surface area contributed by atoms with Gasteiger partial charge in [-0.05, 0) is 12.1 Å². The fourth-order valence-corrected chi connectivity index (χ4v) is 2.81. The molecule has 0 saturated heterocycles. The van der Waals surface area contributed by atoms with Gasteiger partial charge in [0.2, 0.25) is 5.71 Å². The monoisotopic (exact) mass is 416 g/mol. The summed E-state index contributed by atoms with van der Waals surface area (Å²) in [6.07, 6.45) is 2.39. The zero-order valence-corrected chi connectivity index (χ0v) is 14.8. The molecule has 13 heteroatoms. The maximum absolute atomic E-state index is 12.0. The highest BCUT2D eigenvalue weighted by Gasteiger charge is 2.36. The Hall–Kier alpha value is -4.39. The normalized spacial score (nSPS) is 17.2. The van der Waals surface area contributed by atoms with Gasteiger partial charge in [-0.2, -0.15) is 0 Å². The highest BCUT2D eigenvalue weighted by molar-refractivity contribution is 6.18. The predicted molar refractivity (Wildman–Crippen MR) is 89.1 cm³/mol. The van der Waals surface area contributed by atoms with E-state index in [1.54, 1.807) is 0 Å². The number of hydrogen-bond acceptors (Lipinski definition) is 11. The first-order valence-electron chi connectivity index (χ1n) is 8.26. The molecule has 0 radical (unpaired) electrons. The van der Waals surface area contributed by atoms with Crippen LogP contribution in [0.3, 0.4) is 0 Å². The quantitative estimate of drug-likeness (QED) is 0.162. The Kier molecular flexibility index (Phi) is 4.56. The lowest BCUT2D eigenvalue weighted by Gasteiger charge is -2.08. The molecule has 13 nitrogen and oxygen atoms in total. The van der Waals surface area contributed by atoms with Gasteiger partial charge < -0.3 is 24.2 Å². The van der Waals surface area contributed by atoms with E-state index in [0.717, 1.165) is 6.07 Å². The Balaban J connectivity index is 1.32. The van der Waals surface area contributed by atoms with Gasteiger partial charge in [-0.25, -0.2) is 9.59 Å². The van der Waals surface area contributed by atoms with E-state index in [2.05, 4.69) is 19.6 Å². The number of furan rings is 1. The molecule has 4 rings (SSSR count). The molecule has 1 N–H and O–H groups in total. The molecule has 0 spiro atoms. The van der Waals surface area contributed by atoms with E-state index in [4.69, 9.17) is 4.84 Å². The third kappa shape index (κ3) is 3.29. The van der Waals surface area contributed by atoms with Crippen molar-refractivity contribution in [3.63, 3.8) is 0 Å². The van der Waals surface area contributed by atoms with Crippen LogP contribution in [0.25, 0.3) is 10.8 Å². The summed E-state index contributed by atoms with van der Waals surface area (Å²) in [5.74, 6) is -3.30. The van der Waals surface area contributed by atoms with Crippen LogP contribution in [0.2, 0.25) is 0 Å². The molecule has 2 heterocycles. The number of ether oxygens (including phenoxy) is 1. The van der Waals surface area contributed by atoms with E-state index in [0.29, 0.717) is 0 Å². The molecule has 0 atom stereocenters. The van der Waals surface area contributed by atoms with Gasteiger partial charge in [-0.1, -0.05) is 5.48 Å². The first-order valence-corrected chi connectivity index (χ1v) is 8.26. The van der Waals surface area contributed by atoms with Gasteiger partial charge in [0.15, 0.2) is 0 Å². The van der Waals surface area contributed by atoms with Gasteiger partial charge in [-0.15, -0.1) is 4.94 Å². The van der Waals surface area contributed by atoms with E-state index in [1.807, 2.05) is 0 Å². The lowest BCUT2D eigenvalue weighted by Crippen LogP contribution is -2.27. The van der Waals surface area contributed by atoms with Crippen LogP contribution in [0.15, 0.2) is 45.9 Å². The number of nitrogens with one attached hydrogen (secondary N) is 1. The van der Waals surface area contributed by atoms with Crippen molar-refractivity contribution in [1.82, 2.24) is 5.48 Å². The number of allylic oxidation sites excluding steroid dienone is 1. The first kappa shape index (κ1) is 18.9. The fourth-order valence-electron chi connectivity index (χ4n) is 2.81. The Morgan fingerprint density at radius 2 is 1.87 bits per heavy atom. The maximum Gasteiger partial charge on any atom is 0.346 e. The summed E-state index contributed by atoms with van der Waals surface area (Å²) < 4.78 is 8.86. The summed E-state index contributed by atoms with van der Waals surface area (Å²) in [7, 11) is 0. The molecular weight excluding hydrogens is 406 g/mol. The lowest BCUT2D eigenvalue weighted by molar-refractivity contribution is -0.785. The molecule has 30 heavy (non-hydrogen) atoms. The molecule has 1 aliphatic carbocycles. The zero-order valence-electron chi connectivity index (χ0n) is 14.8. The molecule has 0 bridgehead atoms. The third-order valence-electron chi connectivity index (χ3n) is 4.24. The predicted octanol–water partition coefficient (Wildman–Crippen LogP) is -0.393. The van der Waals surface area contributed by atoms with Crippen LogP contribution < -0.4 is 15.7 Å². The van der Waals surface area contributed by atoms with E-state index >= 15 is 0 Å². The van der Waals surface area contributed by atoms with Crippen LogP contribution in [0.5, 0.6) is 11.9 Å². The van der Waals surface area contributed by atoms with Crippen LogP contribution in [-0.2, 0) is 24.1 Å². The summed E-state index contributed by atoms with van der Waals surface area (Å²) in [4.78, 5) is 44.3. The van der Waals surface area contributed by atoms with Gasteiger partial charge in [0.25, 0.3) is 4.92 Å². The van der Waals surface area contributed by atoms with Crippen molar-refractivity contribution in [3.8, 4) is 11.9 Å². The summed E-state index contributed by atoms with van der Waals surface area (Å²) in [5.41, 5.74) is 2.10. The number of carbonyl (C=O) groups is 2. The Morgan fingerprint density at radius 3 is 2.67 bits per heavy atom. The molecule has 154 valence electrons. The minimum atomic E-state index is -0.882. The molecule has 1 aliphatic heterocycles. The Bertz CT molecular complexity index is 1190. The SMILES string of the molecule is O=C1OC(=O)C2=C1C=C/C(=[N+](/[O-])OCNO[N+](=O)c1ccc3c([O-])oc([O-])c3c1)C2. The van der Waals surface area contributed by atoms with Gasteiger partial charge >= 0.3 is 17.6 Å². The molecule has 2 aromatic rings. The molecule has 0 unspecified atom stereocenters. The van der Waals surface area contributed by atoms with Crippen LogP contribution in [0.4, 0.5) is 5.69 Å². The summed E-state index contributed by atoms with van der Waals surface area (Å²) in [5, 5.41) is 34.8. The second kappa shape index (κ2) is 7.21. The molecule has 0 fully saturated rings. The van der Waals surface area contributed by atoms with E-state index in [1.165, 1.54) is 24.3 Å². The minimum Gasteiger partial charge on any atom is -0.571 e. The number of hydroxylamine groups is 1. The van der Waals surface area contributed by atoms with Gasteiger partial charge in [0.1, 0.15) is 6.73 Å². The number of rotatable bonds is 6. The average molecular weight is 416 g/mol. The number of benzene rings is 1. The number of carbonyl (C=O) groups excluding carboxylic acids is 2. The number of cyclic esters (lactones) is 2. The van der Waals surface area contributed by atoms with Crippen molar-refractivity contribution >= 4 is 34.1 Å². The third-order valence-corrected chi connectivity index (χ3v) is 4.24. The van der Waals surface area contributed by atoms with E-state index in [9.17, 15) is 29.9 Å².